The highest BCUT2D eigenvalue weighted by atomic mass is 16.6. The molecule has 3 rings (SSSR count). The monoisotopic (exact) mass is 482 g/mol. The SMILES string of the molecule is CCC[C@H]1CCC[C@H](NC(=O)c2nccc(OC)c2OC(C)=O)C(=O)O[C@@H](C)[C@@H]1c1ccccc1. The minimum absolute atomic E-state index is 0.0742. The number of rotatable bonds is 7. The average molecular weight is 483 g/mol. The second-order valence-electron chi connectivity index (χ2n) is 8.87. The second kappa shape index (κ2) is 12.3. The molecule has 0 radical (unpaired) electrons. The van der Waals surface area contributed by atoms with E-state index >= 15 is 0 Å². The van der Waals surface area contributed by atoms with E-state index in [1.165, 1.54) is 26.3 Å². The molecule has 2 heterocycles. The molecule has 8 heteroatoms. The van der Waals surface area contributed by atoms with Crippen molar-refractivity contribution in [3.8, 4) is 11.5 Å². The van der Waals surface area contributed by atoms with Gasteiger partial charge in [0.2, 0.25) is 5.75 Å². The fraction of sp³-hybridized carbons (Fsp3) is 0.481. The summed E-state index contributed by atoms with van der Waals surface area (Å²) < 4.78 is 16.3. The number of aromatic nitrogens is 1. The van der Waals surface area contributed by atoms with Gasteiger partial charge in [0, 0.05) is 25.1 Å². The number of benzene rings is 1. The number of nitrogens with zero attached hydrogens (tertiary/aromatic N) is 1. The van der Waals surface area contributed by atoms with Gasteiger partial charge >= 0.3 is 11.9 Å². The molecule has 1 saturated heterocycles. The van der Waals surface area contributed by atoms with Gasteiger partial charge in [0.15, 0.2) is 11.4 Å². The third kappa shape index (κ3) is 6.59. The van der Waals surface area contributed by atoms with Crippen molar-refractivity contribution < 1.29 is 28.6 Å². The van der Waals surface area contributed by atoms with Crippen LogP contribution in [0.5, 0.6) is 11.5 Å². The number of carbonyl (C=O) groups excluding carboxylic acids is 3. The van der Waals surface area contributed by atoms with Crippen molar-refractivity contribution in [3.63, 3.8) is 0 Å². The second-order valence-corrected chi connectivity index (χ2v) is 8.87. The zero-order valence-corrected chi connectivity index (χ0v) is 20.8. The summed E-state index contributed by atoms with van der Waals surface area (Å²) in [5.41, 5.74) is 1.02. The fourth-order valence-electron chi connectivity index (χ4n) is 4.87. The third-order valence-corrected chi connectivity index (χ3v) is 6.37. The largest absolute Gasteiger partial charge is 0.493 e. The Morgan fingerprint density at radius 3 is 2.57 bits per heavy atom. The number of nitrogens with one attached hydrogen (secondary N) is 1. The van der Waals surface area contributed by atoms with Gasteiger partial charge < -0.3 is 19.5 Å². The fourth-order valence-corrected chi connectivity index (χ4v) is 4.87. The van der Waals surface area contributed by atoms with Gasteiger partial charge in [-0.15, -0.1) is 0 Å². The molecule has 0 aliphatic carbocycles. The summed E-state index contributed by atoms with van der Waals surface area (Å²) in [6, 6.07) is 10.8. The van der Waals surface area contributed by atoms with E-state index in [0.29, 0.717) is 12.3 Å². The summed E-state index contributed by atoms with van der Waals surface area (Å²) in [6.07, 6.45) is 5.19. The summed E-state index contributed by atoms with van der Waals surface area (Å²) in [4.78, 5) is 41.9. The van der Waals surface area contributed by atoms with Gasteiger partial charge in [-0.3, -0.25) is 9.59 Å². The predicted octanol–water partition coefficient (Wildman–Crippen LogP) is 4.43. The number of carbonyl (C=O) groups is 3. The van der Waals surface area contributed by atoms with E-state index in [-0.39, 0.29) is 29.2 Å². The third-order valence-electron chi connectivity index (χ3n) is 6.37. The zero-order valence-electron chi connectivity index (χ0n) is 20.8. The molecule has 1 aliphatic rings. The Hall–Kier alpha value is -3.42. The number of hydrogen-bond acceptors (Lipinski definition) is 7. The van der Waals surface area contributed by atoms with E-state index in [2.05, 4.69) is 29.4 Å². The van der Waals surface area contributed by atoms with Crippen LogP contribution in [0.25, 0.3) is 0 Å². The van der Waals surface area contributed by atoms with Crippen LogP contribution in [0, 0.1) is 5.92 Å². The Labute approximate surface area is 206 Å². The highest BCUT2D eigenvalue weighted by molar-refractivity contribution is 5.98. The van der Waals surface area contributed by atoms with Gasteiger partial charge in [-0.1, -0.05) is 50.1 Å². The molecular weight excluding hydrogens is 448 g/mol. The lowest BCUT2D eigenvalue weighted by atomic mass is 9.77. The van der Waals surface area contributed by atoms with Crippen LogP contribution >= 0.6 is 0 Å². The van der Waals surface area contributed by atoms with E-state index < -0.39 is 23.9 Å². The average Bonchev–Trinajstić information content (AvgIpc) is 2.88. The smallest absolute Gasteiger partial charge is 0.328 e. The molecule has 1 amide bonds. The lowest BCUT2D eigenvalue weighted by Crippen LogP contribution is -2.43. The van der Waals surface area contributed by atoms with Crippen molar-refractivity contribution in [1.29, 1.82) is 0 Å². The molecule has 1 aromatic carbocycles. The van der Waals surface area contributed by atoms with Crippen LogP contribution in [-0.4, -0.2) is 42.1 Å². The number of ether oxygens (including phenoxy) is 3. The molecule has 2 aromatic rings. The lowest BCUT2D eigenvalue weighted by Gasteiger charge is -2.31. The Morgan fingerprint density at radius 1 is 1.17 bits per heavy atom. The Morgan fingerprint density at radius 2 is 1.91 bits per heavy atom. The quantitative estimate of drug-likeness (QED) is 0.582. The number of amides is 1. The number of cyclic esters (lactones) is 1. The normalized spacial score (nSPS) is 22.7. The molecule has 1 fully saturated rings. The van der Waals surface area contributed by atoms with Crippen LogP contribution in [0.2, 0.25) is 0 Å². The molecule has 1 aliphatic heterocycles. The van der Waals surface area contributed by atoms with Gasteiger partial charge in [0.25, 0.3) is 5.91 Å². The Kier molecular flexibility index (Phi) is 9.23. The maximum atomic E-state index is 13.2. The standard InChI is InChI=1S/C27H34N2O6/c1-5-10-19-13-9-14-21(27(32)34-17(2)23(19)20-11-7-6-8-12-20)29-26(31)24-25(35-18(3)30)22(33-4)15-16-28-24/h6-8,11-12,15-17,19,21,23H,5,9-10,13-14H2,1-4H3,(H,29,31)/t17-,19-,21-,23-/m0/s1. The number of methoxy groups -OCH3 is 1. The molecule has 8 nitrogen and oxygen atoms in total. The summed E-state index contributed by atoms with van der Waals surface area (Å²) >= 11 is 0. The molecular formula is C27H34N2O6. The highest BCUT2D eigenvalue weighted by Crippen LogP contribution is 2.37. The molecule has 35 heavy (non-hydrogen) atoms. The minimum atomic E-state index is -0.847. The van der Waals surface area contributed by atoms with Crippen molar-refractivity contribution in [1.82, 2.24) is 10.3 Å². The predicted molar refractivity (Wildman–Crippen MR) is 130 cm³/mol. The molecule has 188 valence electrons. The van der Waals surface area contributed by atoms with Gasteiger partial charge in [-0.05, 0) is 37.7 Å². The van der Waals surface area contributed by atoms with Crippen LogP contribution in [0.15, 0.2) is 42.6 Å². The Balaban J connectivity index is 1.83. The molecule has 0 spiro atoms. The van der Waals surface area contributed by atoms with E-state index in [1.54, 1.807) is 0 Å². The molecule has 0 unspecified atom stereocenters. The van der Waals surface area contributed by atoms with Crippen molar-refractivity contribution in [2.24, 2.45) is 5.92 Å². The molecule has 1 N–H and O–H groups in total. The molecule has 4 atom stereocenters. The van der Waals surface area contributed by atoms with Crippen LogP contribution in [0.1, 0.15) is 74.8 Å². The minimum Gasteiger partial charge on any atom is -0.493 e. The first kappa shape index (κ1) is 26.2. The first-order valence-electron chi connectivity index (χ1n) is 12.1. The van der Waals surface area contributed by atoms with Crippen molar-refractivity contribution >= 4 is 17.8 Å². The van der Waals surface area contributed by atoms with E-state index in [0.717, 1.165) is 31.2 Å². The van der Waals surface area contributed by atoms with E-state index in [1.807, 2.05) is 25.1 Å². The highest BCUT2D eigenvalue weighted by Gasteiger charge is 2.35. The van der Waals surface area contributed by atoms with Crippen LogP contribution in [0.3, 0.4) is 0 Å². The summed E-state index contributed by atoms with van der Waals surface area (Å²) in [5, 5.41) is 2.74. The topological polar surface area (TPSA) is 104 Å². The van der Waals surface area contributed by atoms with Crippen molar-refractivity contribution in [3.05, 3.63) is 53.9 Å². The lowest BCUT2D eigenvalue weighted by molar-refractivity contribution is -0.152. The van der Waals surface area contributed by atoms with Crippen LogP contribution in [0.4, 0.5) is 0 Å². The van der Waals surface area contributed by atoms with E-state index in [4.69, 9.17) is 14.2 Å². The first-order chi connectivity index (χ1) is 16.8. The van der Waals surface area contributed by atoms with Gasteiger partial charge in [0.05, 0.1) is 7.11 Å². The summed E-state index contributed by atoms with van der Waals surface area (Å²) in [7, 11) is 1.40. The number of hydrogen-bond donors (Lipinski definition) is 1. The number of esters is 2. The van der Waals surface area contributed by atoms with Crippen LogP contribution in [-0.2, 0) is 14.3 Å². The van der Waals surface area contributed by atoms with Crippen molar-refractivity contribution in [2.45, 2.75) is 70.9 Å². The maximum Gasteiger partial charge on any atom is 0.328 e. The summed E-state index contributed by atoms with van der Waals surface area (Å²) in [5.74, 6) is -1.20. The number of pyridine rings is 1. The van der Waals surface area contributed by atoms with Crippen LogP contribution < -0.4 is 14.8 Å². The zero-order chi connectivity index (χ0) is 25.4. The molecule has 1 aromatic heterocycles. The Bertz CT molecular complexity index is 1030. The van der Waals surface area contributed by atoms with Gasteiger partial charge in [0.1, 0.15) is 12.1 Å². The summed E-state index contributed by atoms with van der Waals surface area (Å²) in [6.45, 7) is 5.31. The molecule has 0 saturated carbocycles. The first-order valence-corrected chi connectivity index (χ1v) is 12.1. The van der Waals surface area contributed by atoms with E-state index in [9.17, 15) is 14.4 Å². The van der Waals surface area contributed by atoms with Gasteiger partial charge in [-0.2, -0.15) is 0 Å². The van der Waals surface area contributed by atoms with Crippen molar-refractivity contribution in [2.75, 3.05) is 7.11 Å². The maximum absolute atomic E-state index is 13.2. The molecule has 0 bridgehead atoms. The van der Waals surface area contributed by atoms with Gasteiger partial charge in [-0.25, -0.2) is 9.78 Å².